The fourth-order valence-corrected chi connectivity index (χ4v) is 3.31. The number of hydrogen-bond acceptors (Lipinski definition) is 6. The predicted octanol–water partition coefficient (Wildman–Crippen LogP) is 5.06. The topological polar surface area (TPSA) is 110 Å². The number of carbonyl (C=O) groups is 2. The van der Waals surface area contributed by atoms with Crippen LogP contribution in [-0.2, 0) is 4.79 Å². The average molecular weight is 474 g/mol. The van der Waals surface area contributed by atoms with Gasteiger partial charge in [-0.2, -0.15) is 0 Å². The minimum Gasteiger partial charge on any atom is -0.322 e. The number of hydrogen-bond donors (Lipinski definition) is 2. The Labute approximate surface area is 199 Å². The molecule has 0 fully saturated rings. The van der Waals surface area contributed by atoms with Crippen molar-refractivity contribution in [2.75, 3.05) is 10.6 Å². The Morgan fingerprint density at radius 1 is 0.914 bits per heavy atom. The van der Waals surface area contributed by atoms with Crippen LogP contribution in [0, 0.1) is 6.92 Å². The van der Waals surface area contributed by atoms with Gasteiger partial charge in [0.1, 0.15) is 11.5 Å². The zero-order valence-corrected chi connectivity index (χ0v) is 18.8. The Kier molecular flexibility index (Phi) is 6.81. The van der Waals surface area contributed by atoms with Crippen LogP contribution in [0.4, 0.5) is 20.3 Å². The van der Waals surface area contributed by atoms with Gasteiger partial charge in [0.25, 0.3) is 12.3 Å². The van der Waals surface area contributed by atoms with Crippen molar-refractivity contribution in [3.8, 4) is 22.6 Å². The van der Waals surface area contributed by atoms with Gasteiger partial charge in [0.15, 0.2) is 5.82 Å². The van der Waals surface area contributed by atoms with Crippen molar-refractivity contribution in [3.05, 3.63) is 83.9 Å². The maximum Gasteiger partial charge on any atom is 0.280 e. The zero-order chi connectivity index (χ0) is 24.9. The molecule has 0 aliphatic carbocycles. The molecule has 4 aromatic rings. The van der Waals surface area contributed by atoms with Crippen LogP contribution in [0.25, 0.3) is 22.6 Å². The van der Waals surface area contributed by atoms with E-state index in [2.05, 4.69) is 30.6 Å². The van der Waals surface area contributed by atoms with Gasteiger partial charge in [-0.1, -0.05) is 6.07 Å². The summed E-state index contributed by atoms with van der Waals surface area (Å²) in [7, 11) is 0. The molecule has 0 unspecified atom stereocenters. The Hall–Kier alpha value is -4.60. The molecule has 3 aromatic heterocycles. The number of amides is 2. The molecule has 0 radical (unpaired) electrons. The summed E-state index contributed by atoms with van der Waals surface area (Å²) < 4.78 is 25.4. The molecule has 2 amide bonds. The summed E-state index contributed by atoms with van der Waals surface area (Å²) in [6, 6.07) is 12.9. The summed E-state index contributed by atoms with van der Waals surface area (Å²) in [5.74, 6) is 0.120. The van der Waals surface area contributed by atoms with Gasteiger partial charge in [-0.05, 0) is 55.0 Å². The molecule has 0 saturated heterocycles. The van der Waals surface area contributed by atoms with Crippen LogP contribution in [0.5, 0.6) is 0 Å². The Balaban J connectivity index is 1.59. The van der Waals surface area contributed by atoms with Crippen LogP contribution in [0.2, 0.25) is 0 Å². The van der Waals surface area contributed by atoms with Gasteiger partial charge in [-0.3, -0.25) is 14.6 Å². The molecule has 176 valence electrons. The van der Waals surface area contributed by atoms with Crippen LogP contribution in [0.15, 0.2) is 67.1 Å². The fourth-order valence-electron chi connectivity index (χ4n) is 3.31. The van der Waals surface area contributed by atoms with Gasteiger partial charge in [-0.25, -0.2) is 23.7 Å². The standard InChI is InChI=1S/C25H20F2N6O2/c1-14-3-5-18(32-25(35)17-4-6-21(23(26)27)30-13-17)12-19(14)20-8-10-29-24(33-20)16-7-9-28-22(11-16)31-15(2)34/h3-13,23H,1-2H3,(H,32,35)(H,28,31,34). The largest absolute Gasteiger partial charge is 0.322 e. The highest BCUT2D eigenvalue weighted by atomic mass is 19.3. The Bertz CT molecular complexity index is 1390. The third-order valence-electron chi connectivity index (χ3n) is 5.02. The van der Waals surface area contributed by atoms with E-state index in [1.807, 2.05) is 13.0 Å². The summed E-state index contributed by atoms with van der Waals surface area (Å²) in [6.07, 6.45) is 1.60. The lowest BCUT2D eigenvalue weighted by atomic mass is 10.0. The van der Waals surface area contributed by atoms with Gasteiger partial charge >= 0.3 is 0 Å². The number of anilines is 2. The van der Waals surface area contributed by atoms with Gasteiger partial charge in [0.05, 0.1) is 11.3 Å². The highest BCUT2D eigenvalue weighted by molar-refractivity contribution is 6.04. The first-order chi connectivity index (χ1) is 16.8. The lowest BCUT2D eigenvalue weighted by Crippen LogP contribution is -2.12. The van der Waals surface area contributed by atoms with E-state index in [0.29, 0.717) is 28.6 Å². The number of halogens is 2. The zero-order valence-electron chi connectivity index (χ0n) is 18.8. The first kappa shape index (κ1) is 23.6. The minimum absolute atomic E-state index is 0.161. The molecular weight excluding hydrogens is 454 g/mol. The van der Waals surface area contributed by atoms with Crippen molar-refractivity contribution in [1.82, 2.24) is 19.9 Å². The van der Waals surface area contributed by atoms with Crippen molar-refractivity contribution in [1.29, 1.82) is 0 Å². The third kappa shape index (κ3) is 5.67. The normalized spacial score (nSPS) is 10.8. The van der Waals surface area contributed by atoms with Gasteiger partial charge in [0.2, 0.25) is 5.91 Å². The first-order valence-corrected chi connectivity index (χ1v) is 10.5. The number of alkyl halides is 2. The second-order valence-corrected chi connectivity index (χ2v) is 7.63. The van der Waals surface area contributed by atoms with E-state index in [-0.39, 0.29) is 11.5 Å². The molecule has 0 bridgehead atoms. The summed E-state index contributed by atoms with van der Waals surface area (Å²) in [6.45, 7) is 3.31. The second kappa shape index (κ2) is 10.1. The van der Waals surface area contributed by atoms with Crippen molar-refractivity contribution < 1.29 is 18.4 Å². The van der Waals surface area contributed by atoms with Gasteiger partial charge in [0, 0.05) is 42.3 Å². The molecule has 0 spiro atoms. The minimum atomic E-state index is -2.70. The summed E-state index contributed by atoms with van der Waals surface area (Å²) in [5.41, 5.74) is 3.27. The van der Waals surface area contributed by atoms with E-state index >= 15 is 0 Å². The maximum atomic E-state index is 12.7. The number of aryl methyl sites for hydroxylation is 1. The molecular formula is C25H20F2N6O2. The number of benzene rings is 1. The molecule has 4 rings (SSSR count). The SMILES string of the molecule is CC(=O)Nc1cc(-c2nccc(-c3cc(NC(=O)c4ccc(C(F)F)nc4)ccc3C)n2)ccn1. The lowest BCUT2D eigenvalue weighted by molar-refractivity contribution is -0.114. The molecule has 35 heavy (non-hydrogen) atoms. The third-order valence-corrected chi connectivity index (χ3v) is 5.02. The van der Waals surface area contributed by atoms with E-state index in [1.54, 1.807) is 42.7 Å². The van der Waals surface area contributed by atoms with E-state index in [4.69, 9.17) is 0 Å². The molecule has 3 heterocycles. The average Bonchev–Trinajstić information content (AvgIpc) is 2.85. The number of aromatic nitrogens is 4. The summed E-state index contributed by atoms with van der Waals surface area (Å²) in [4.78, 5) is 40.6. The quantitative estimate of drug-likeness (QED) is 0.404. The number of rotatable bonds is 6. The predicted molar refractivity (Wildman–Crippen MR) is 127 cm³/mol. The van der Waals surface area contributed by atoms with Crippen LogP contribution in [0.1, 0.15) is 35.0 Å². The van der Waals surface area contributed by atoms with E-state index in [0.717, 1.165) is 23.4 Å². The second-order valence-electron chi connectivity index (χ2n) is 7.63. The van der Waals surface area contributed by atoms with E-state index in [9.17, 15) is 18.4 Å². The molecule has 1 aromatic carbocycles. The molecule has 0 saturated carbocycles. The number of pyridine rings is 2. The van der Waals surface area contributed by atoms with Crippen LogP contribution < -0.4 is 10.6 Å². The molecule has 10 heteroatoms. The van der Waals surface area contributed by atoms with E-state index in [1.165, 1.54) is 13.0 Å². The first-order valence-electron chi connectivity index (χ1n) is 10.5. The monoisotopic (exact) mass is 474 g/mol. The molecule has 0 aliphatic rings. The Morgan fingerprint density at radius 2 is 1.71 bits per heavy atom. The Morgan fingerprint density at radius 3 is 2.43 bits per heavy atom. The summed E-state index contributed by atoms with van der Waals surface area (Å²) in [5, 5.41) is 5.39. The maximum absolute atomic E-state index is 12.7. The fraction of sp³-hybridized carbons (Fsp3) is 0.120. The number of nitrogens with zero attached hydrogens (tertiary/aromatic N) is 4. The van der Waals surface area contributed by atoms with Crippen molar-refractivity contribution >= 4 is 23.3 Å². The summed E-state index contributed by atoms with van der Waals surface area (Å²) >= 11 is 0. The lowest BCUT2D eigenvalue weighted by Gasteiger charge is -2.11. The molecule has 0 atom stereocenters. The van der Waals surface area contributed by atoms with Gasteiger partial charge < -0.3 is 10.6 Å². The van der Waals surface area contributed by atoms with E-state index < -0.39 is 18.0 Å². The highest BCUT2D eigenvalue weighted by Gasteiger charge is 2.13. The van der Waals surface area contributed by atoms with Crippen LogP contribution >= 0.6 is 0 Å². The smallest absolute Gasteiger partial charge is 0.280 e. The molecule has 2 N–H and O–H groups in total. The van der Waals surface area contributed by atoms with Crippen molar-refractivity contribution in [3.63, 3.8) is 0 Å². The van der Waals surface area contributed by atoms with Crippen molar-refractivity contribution in [2.24, 2.45) is 0 Å². The highest BCUT2D eigenvalue weighted by Crippen LogP contribution is 2.27. The van der Waals surface area contributed by atoms with Crippen molar-refractivity contribution in [2.45, 2.75) is 20.3 Å². The molecule has 8 nitrogen and oxygen atoms in total. The number of carbonyl (C=O) groups excluding carboxylic acids is 2. The van der Waals surface area contributed by atoms with Gasteiger partial charge in [-0.15, -0.1) is 0 Å². The molecule has 0 aliphatic heterocycles. The van der Waals surface area contributed by atoms with Crippen LogP contribution in [-0.4, -0.2) is 31.8 Å². The number of nitrogens with one attached hydrogen (secondary N) is 2. The van der Waals surface area contributed by atoms with Crippen LogP contribution in [0.3, 0.4) is 0 Å².